The molecule has 146 valence electrons. The third-order valence-electron chi connectivity index (χ3n) is 4.55. The van der Waals surface area contributed by atoms with E-state index in [4.69, 9.17) is 4.74 Å². The van der Waals surface area contributed by atoms with Gasteiger partial charge in [-0.25, -0.2) is 13.2 Å². The van der Waals surface area contributed by atoms with Crippen molar-refractivity contribution in [3.63, 3.8) is 0 Å². The van der Waals surface area contributed by atoms with Crippen LogP contribution in [0.2, 0.25) is 0 Å². The lowest BCUT2D eigenvalue weighted by molar-refractivity contribution is -0.121. The molecule has 0 saturated carbocycles. The number of anilines is 1. The van der Waals surface area contributed by atoms with Crippen LogP contribution in [0.4, 0.5) is 10.5 Å². The quantitative estimate of drug-likeness (QED) is 0.699. The molecule has 2 saturated heterocycles. The second-order valence-electron chi connectivity index (χ2n) is 6.21. The lowest BCUT2D eigenvalue weighted by atomic mass is 10.3. The Kier molecular flexibility index (Phi) is 5.47. The zero-order valence-electron chi connectivity index (χ0n) is 15.0. The monoisotopic (exact) mass is 395 g/mol. The summed E-state index contributed by atoms with van der Waals surface area (Å²) in [5.41, 5.74) is 0.369. The van der Waals surface area contributed by atoms with Gasteiger partial charge in [-0.15, -0.1) is 0 Å². The third kappa shape index (κ3) is 3.81. The first-order valence-corrected chi connectivity index (χ1v) is 10.2. The highest BCUT2D eigenvalue weighted by atomic mass is 32.2. The zero-order valence-corrected chi connectivity index (χ0v) is 15.8. The molecule has 9 nitrogen and oxygen atoms in total. The number of nitrogens with zero attached hydrogens (tertiary/aromatic N) is 3. The Labute approximate surface area is 157 Å². The number of amides is 3. The van der Waals surface area contributed by atoms with Gasteiger partial charge in [0.1, 0.15) is 0 Å². The number of hydrogen-bond acceptors (Lipinski definition) is 6. The summed E-state index contributed by atoms with van der Waals surface area (Å²) in [5.74, 6) is -0.573. The van der Waals surface area contributed by atoms with E-state index in [1.165, 1.54) is 33.5 Å². The highest BCUT2D eigenvalue weighted by molar-refractivity contribution is 7.89. The molecule has 0 atom stereocenters. The van der Waals surface area contributed by atoms with E-state index < -0.39 is 16.1 Å². The number of rotatable bonds is 4. The van der Waals surface area contributed by atoms with Gasteiger partial charge in [0.05, 0.1) is 17.2 Å². The van der Waals surface area contributed by atoms with Crippen LogP contribution in [0.1, 0.15) is 19.8 Å². The minimum atomic E-state index is -3.72. The van der Waals surface area contributed by atoms with Crippen molar-refractivity contribution in [2.75, 3.05) is 37.7 Å². The second kappa shape index (κ2) is 7.65. The minimum Gasteiger partial charge on any atom is -0.450 e. The predicted molar refractivity (Wildman–Crippen MR) is 95.5 cm³/mol. The van der Waals surface area contributed by atoms with Crippen LogP contribution in [0, 0.1) is 0 Å². The van der Waals surface area contributed by atoms with Gasteiger partial charge in [-0.3, -0.25) is 14.5 Å². The summed E-state index contributed by atoms with van der Waals surface area (Å²) < 4.78 is 31.8. The molecule has 2 fully saturated rings. The number of imide groups is 1. The van der Waals surface area contributed by atoms with Crippen LogP contribution in [0.3, 0.4) is 0 Å². The van der Waals surface area contributed by atoms with Crippen LogP contribution in [-0.2, 0) is 24.3 Å². The van der Waals surface area contributed by atoms with Gasteiger partial charge in [0.25, 0.3) is 0 Å². The van der Waals surface area contributed by atoms with Crippen molar-refractivity contribution < 1.29 is 27.5 Å². The first-order chi connectivity index (χ1) is 12.8. The van der Waals surface area contributed by atoms with E-state index >= 15 is 0 Å². The standard InChI is InChI=1S/C17H21N3O6S/c1-2-26-17(23)18-9-11-19(12-10-18)27(24,25)14-5-3-13(4-6-14)20-15(21)7-8-16(20)22/h3-6H,2,7-12H2,1H3. The van der Waals surface area contributed by atoms with Gasteiger partial charge in [-0.2, -0.15) is 4.31 Å². The van der Waals surface area contributed by atoms with Crippen molar-refractivity contribution in [2.45, 2.75) is 24.7 Å². The molecular weight excluding hydrogens is 374 g/mol. The minimum absolute atomic E-state index is 0.0786. The van der Waals surface area contributed by atoms with Crippen LogP contribution in [0.25, 0.3) is 0 Å². The lowest BCUT2D eigenvalue weighted by Gasteiger charge is -2.33. The van der Waals surface area contributed by atoms with Crippen molar-refractivity contribution in [1.82, 2.24) is 9.21 Å². The van der Waals surface area contributed by atoms with Crippen LogP contribution in [0.15, 0.2) is 29.2 Å². The van der Waals surface area contributed by atoms with Gasteiger partial charge >= 0.3 is 6.09 Å². The predicted octanol–water partition coefficient (Wildman–Crippen LogP) is 0.803. The SMILES string of the molecule is CCOC(=O)N1CCN(S(=O)(=O)c2ccc(N3C(=O)CCC3=O)cc2)CC1. The molecule has 2 aliphatic rings. The maximum absolute atomic E-state index is 12.8. The highest BCUT2D eigenvalue weighted by Gasteiger charge is 2.32. The largest absolute Gasteiger partial charge is 0.450 e. The smallest absolute Gasteiger partial charge is 0.409 e. The molecule has 0 unspecified atom stereocenters. The molecule has 27 heavy (non-hydrogen) atoms. The van der Waals surface area contributed by atoms with Crippen molar-refractivity contribution in [3.8, 4) is 0 Å². The van der Waals surface area contributed by atoms with Gasteiger partial charge in [0, 0.05) is 39.0 Å². The fourth-order valence-corrected chi connectivity index (χ4v) is 4.53. The average Bonchev–Trinajstić information content (AvgIpc) is 3.00. The highest BCUT2D eigenvalue weighted by Crippen LogP contribution is 2.25. The summed E-state index contributed by atoms with van der Waals surface area (Å²) in [4.78, 5) is 37.9. The second-order valence-corrected chi connectivity index (χ2v) is 8.14. The Balaban J connectivity index is 1.70. The Morgan fingerprint density at radius 1 is 1.00 bits per heavy atom. The van der Waals surface area contributed by atoms with Gasteiger partial charge in [-0.05, 0) is 31.2 Å². The van der Waals surface area contributed by atoms with Crippen LogP contribution >= 0.6 is 0 Å². The summed E-state index contributed by atoms with van der Waals surface area (Å²) in [5, 5.41) is 0. The van der Waals surface area contributed by atoms with E-state index in [2.05, 4.69) is 0 Å². The van der Waals surface area contributed by atoms with Gasteiger partial charge in [0.15, 0.2) is 0 Å². The Morgan fingerprint density at radius 3 is 2.07 bits per heavy atom. The number of hydrogen-bond donors (Lipinski definition) is 0. The molecule has 1 aromatic rings. The van der Waals surface area contributed by atoms with E-state index in [0.717, 1.165) is 4.90 Å². The first kappa shape index (κ1) is 19.3. The van der Waals surface area contributed by atoms with Gasteiger partial charge in [0.2, 0.25) is 21.8 Å². The summed E-state index contributed by atoms with van der Waals surface area (Å²) in [6.45, 7) is 2.84. The Morgan fingerprint density at radius 2 is 1.56 bits per heavy atom. The molecular formula is C17H21N3O6S. The van der Waals surface area contributed by atoms with E-state index in [1.54, 1.807) is 6.92 Å². The Hall–Kier alpha value is -2.46. The van der Waals surface area contributed by atoms with Gasteiger partial charge in [-0.1, -0.05) is 0 Å². The zero-order chi connectivity index (χ0) is 19.6. The molecule has 10 heteroatoms. The molecule has 2 aliphatic heterocycles. The number of benzene rings is 1. The summed E-state index contributed by atoms with van der Waals surface area (Å²) in [6, 6.07) is 5.70. The molecule has 3 rings (SSSR count). The molecule has 0 spiro atoms. The van der Waals surface area contributed by atoms with Crippen LogP contribution in [0.5, 0.6) is 0 Å². The molecule has 0 bridgehead atoms. The molecule has 1 aromatic carbocycles. The van der Waals surface area contributed by atoms with E-state index in [9.17, 15) is 22.8 Å². The molecule has 0 radical (unpaired) electrons. The third-order valence-corrected chi connectivity index (χ3v) is 6.46. The van der Waals surface area contributed by atoms with Crippen LogP contribution in [-0.4, -0.2) is 68.3 Å². The number of sulfonamides is 1. The molecule has 0 aliphatic carbocycles. The lowest BCUT2D eigenvalue weighted by Crippen LogP contribution is -2.50. The maximum Gasteiger partial charge on any atom is 0.409 e. The average molecular weight is 395 g/mol. The van der Waals surface area contributed by atoms with Crippen molar-refractivity contribution in [2.24, 2.45) is 0 Å². The molecule has 2 heterocycles. The van der Waals surface area contributed by atoms with E-state index in [1.807, 2.05) is 0 Å². The Bertz CT molecular complexity index is 828. The van der Waals surface area contributed by atoms with E-state index in [0.29, 0.717) is 5.69 Å². The van der Waals surface area contributed by atoms with Crippen molar-refractivity contribution in [1.29, 1.82) is 0 Å². The molecule has 0 aromatic heterocycles. The number of piperazine rings is 1. The topological polar surface area (TPSA) is 104 Å². The summed E-state index contributed by atoms with van der Waals surface area (Å²) in [7, 11) is -3.72. The van der Waals surface area contributed by atoms with Gasteiger partial charge < -0.3 is 9.64 Å². The molecule has 3 amide bonds. The maximum atomic E-state index is 12.8. The van der Waals surface area contributed by atoms with Crippen molar-refractivity contribution in [3.05, 3.63) is 24.3 Å². The van der Waals surface area contributed by atoms with Crippen LogP contribution < -0.4 is 4.90 Å². The molecule has 0 N–H and O–H groups in total. The summed E-state index contributed by atoms with van der Waals surface area (Å²) in [6.07, 6.45) is -0.105. The number of carbonyl (C=O) groups excluding carboxylic acids is 3. The normalized spacial score (nSPS) is 18.9. The van der Waals surface area contributed by atoms with Crippen molar-refractivity contribution >= 4 is 33.6 Å². The van der Waals surface area contributed by atoms with E-state index in [-0.39, 0.29) is 62.3 Å². The number of carbonyl (C=O) groups is 3. The number of ether oxygens (including phenoxy) is 1. The fraction of sp³-hybridized carbons (Fsp3) is 0.471. The first-order valence-electron chi connectivity index (χ1n) is 8.72. The summed E-state index contributed by atoms with van der Waals surface area (Å²) >= 11 is 0. The fourth-order valence-electron chi connectivity index (χ4n) is 3.11.